The van der Waals surface area contributed by atoms with Crippen LogP contribution in [-0.2, 0) is 4.79 Å². The molecule has 0 spiro atoms. The largest absolute Gasteiger partial charge is 0.481 e. The van der Waals surface area contributed by atoms with Crippen molar-refractivity contribution >= 4 is 17.1 Å². The van der Waals surface area contributed by atoms with Gasteiger partial charge in [0, 0.05) is 29.9 Å². The number of nitrogens with one attached hydrogen (secondary N) is 1. The van der Waals surface area contributed by atoms with Crippen LogP contribution < -0.4 is 4.74 Å². The molecule has 8 heteroatoms. The summed E-state index contributed by atoms with van der Waals surface area (Å²) in [6.07, 6.45) is 5.29. The van der Waals surface area contributed by atoms with E-state index in [1.807, 2.05) is 31.2 Å². The van der Waals surface area contributed by atoms with Gasteiger partial charge in [-0.1, -0.05) is 6.07 Å². The molecule has 1 saturated carbocycles. The maximum Gasteiger partial charge on any atom is 0.303 e. The second-order valence-corrected chi connectivity index (χ2v) is 8.85. The lowest BCUT2D eigenvalue weighted by Crippen LogP contribution is -2.25. The number of hydrogen-bond donors (Lipinski definition) is 2. The van der Waals surface area contributed by atoms with Gasteiger partial charge in [0.2, 0.25) is 5.88 Å². The predicted octanol–water partition coefficient (Wildman–Crippen LogP) is 5.55. The molecule has 0 bridgehead atoms. The Hall–Kier alpha value is -3.81. The third kappa shape index (κ3) is 4.76. The Morgan fingerprint density at radius 2 is 1.88 bits per heavy atom. The van der Waals surface area contributed by atoms with Gasteiger partial charge < -0.3 is 14.8 Å². The summed E-state index contributed by atoms with van der Waals surface area (Å²) < 4.78 is 21.0. The number of imidazole rings is 1. The summed E-state index contributed by atoms with van der Waals surface area (Å²) in [6, 6.07) is 12.4. The van der Waals surface area contributed by atoms with Crippen LogP contribution in [0.15, 0.2) is 48.7 Å². The first kappa shape index (κ1) is 22.0. The zero-order chi connectivity index (χ0) is 23.7. The SMILES string of the molecule is Cc1ccc2[nH]c(-c3ccc(-c4ccc(OC5CCC(CC(=O)O)CC5)nc4)cc3F)nc2n1. The van der Waals surface area contributed by atoms with Gasteiger partial charge in [-0.2, -0.15) is 0 Å². The highest BCUT2D eigenvalue weighted by atomic mass is 19.1. The molecule has 2 N–H and O–H groups in total. The molecule has 34 heavy (non-hydrogen) atoms. The molecule has 5 rings (SSSR count). The monoisotopic (exact) mass is 460 g/mol. The molecule has 1 fully saturated rings. The van der Waals surface area contributed by atoms with Crippen LogP contribution in [0.25, 0.3) is 33.7 Å². The topological polar surface area (TPSA) is 101 Å². The molecule has 0 atom stereocenters. The number of pyridine rings is 2. The van der Waals surface area contributed by atoms with Crippen LogP contribution in [0, 0.1) is 18.7 Å². The summed E-state index contributed by atoms with van der Waals surface area (Å²) in [5, 5.41) is 8.94. The van der Waals surface area contributed by atoms with Crippen molar-refractivity contribution in [3.63, 3.8) is 0 Å². The third-order valence-corrected chi connectivity index (χ3v) is 6.32. The second-order valence-electron chi connectivity index (χ2n) is 8.85. The van der Waals surface area contributed by atoms with E-state index in [0.29, 0.717) is 28.5 Å². The van der Waals surface area contributed by atoms with E-state index in [1.54, 1.807) is 18.3 Å². The summed E-state index contributed by atoms with van der Waals surface area (Å²) >= 11 is 0. The third-order valence-electron chi connectivity index (χ3n) is 6.32. The average molecular weight is 461 g/mol. The van der Waals surface area contributed by atoms with Crippen LogP contribution in [0.5, 0.6) is 5.88 Å². The Balaban J connectivity index is 1.26. The van der Waals surface area contributed by atoms with E-state index in [9.17, 15) is 9.18 Å². The first-order valence-electron chi connectivity index (χ1n) is 11.4. The van der Waals surface area contributed by atoms with Crippen molar-refractivity contribution in [1.82, 2.24) is 19.9 Å². The highest BCUT2D eigenvalue weighted by Crippen LogP contribution is 2.31. The fraction of sp³-hybridized carbons (Fsp3) is 0.308. The summed E-state index contributed by atoms with van der Waals surface area (Å²) in [5.74, 6) is 0.0673. The van der Waals surface area contributed by atoms with Crippen LogP contribution in [0.3, 0.4) is 0 Å². The molecule has 4 aromatic rings. The zero-order valence-corrected chi connectivity index (χ0v) is 18.8. The first-order chi connectivity index (χ1) is 16.4. The quantitative estimate of drug-likeness (QED) is 0.391. The number of benzene rings is 1. The number of rotatable bonds is 6. The molecular formula is C26H25FN4O3. The Morgan fingerprint density at radius 3 is 2.59 bits per heavy atom. The van der Waals surface area contributed by atoms with E-state index in [4.69, 9.17) is 9.84 Å². The number of carboxylic acid groups (broad SMARTS) is 1. The van der Waals surface area contributed by atoms with Crippen molar-refractivity contribution in [1.29, 1.82) is 0 Å². The highest BCUT2D eigenvalue weighted by molar-refractivity contribution is 5.77. The Kier molecular flexibility index (Phi) is 5.96. The van der Waals surface area contributed by atoms with Gasteiger partial charge in [0.05, 0.1) is 11.1 Å². The summed E-state index contributed by atoms with van der Waals surface area (Å²) in [7, 11) is 0. The van der Waals surface area contributed by atoms with Gasteiger partial charge in [0.15, 0.2) is 5.65 Å². The summed E-state index contributed by atoms with van der Waals surface area (Å²) in [5.41, 5.74) is 4.05. The van der Waals surface area contributed by atoms with Crippen LogP contribution in [-0.4, -0.2) is 37.1 Å². The van der Waals surface area contributed by atoms with Gasteiger partial charge >= 0.3 is 5.97 Å². The number of aromatic amines is 1. The number of aryl methyl sites for hydroxylation is 1. The Labute approximate surface area is 196 Å². The molecule has 1 aliphatic carbocycles. The number of fused-ring (bicyclic) bond motifs is 1. The number of H-pyrrole nitrogens is 1. The zero-order valence-electron chi connectivity index (χ0n) is 18.8. The van der Waals surface area contributed by atoms with E-state index in [-0.39, 0.29) is 24.3 Å². The number of ether oxygens (including phenoxy) is 1. The number of carboxylic acids is 1. The van der Waals surface area contributed by atoms with Crippen LogP contribution >= 0.6 is 0 Å². The van der Waals surface area contributed by atoms with Crippen molar-refractivity contribution in [2.24, 2.45) is 5.92 Å². The normalized spacial score (nSPS) is 18.2. The summed E-state index contributed by atoms with van der Waals surface area (Å²) in [4.78, 5) is 27.2. The van der Waals surface area contributed by atoms with Crippen LogP contribution in [0.4, 0.5) is 4.39 Å². The van der Waals surface area contributed by atoms with E-state index in [2.05, 4.69) is 19.9 Å². The molecule has 3 aromatic heterocycles. The number of nitrogens with zero attached hydrogens (tertiary/aromatic N) is 3. The lowest BCUT2D eigenvalue weighted by atomic mass is 9.85. The van der Waals surface area contributed by atoms with Gasteiger partial charge in [0.1, 0.15) is 17.7 Å². The smallest absolute Gasteiger partial charge is 0.303 e. The van der Waals surface area contributed by atoms with Crippen molar-refractivity contribution < 1.29 is 19.0 Å². The van der Waals surface area contributed by atoms with Crippen molar-refractivity contribution in [3.8, 4) is 28.4 Å². The molecule has 0 radical (unpaired) electrons. The fourth-order valence-corrected chi connectivity index (χ4v) is 4.49. The Bertz CT molecular complexity index is 1330. The molecule has 174 valence electrons. The maximum absolute atomic E-state index is 15.0. The molecule has 3 heterocycles. The van der Waals surface area contributed by atoms with E-state index in [1.165, 1.54) is 6.07 Å². The standard InChI is InChI=1S/C26H25FN4O3/c1-15-2-10-22-26(29-15)31-25(30-22)20-9-5-17(13-21(20)27)18-6-11-23(28-14-18)34-19-7-3-16(4-8-19)12-24(32)33/h2,5-6,9-11,13-14,16,19H,3-4,7-8,12H2,1H3,(H,32,33)(H,29,30,31). The molecule has 1 aliphatic rings. The number of halogens is 1. The van der Waals surface area contributed by atoms with Gasteiger partial charge in [-0.15, -0.1) is 0 Å². The second kappa shape index (κ2) is 9.21. The average Bonchev–Trinajstić information content (AvgIpc) is 3.23. The van der Waals surface area contributed by atoms with Crippen molar-refractivity contribution in [3.05, 3.63) is 60.2 Å². The lowest BCUT2D eigenvalue weighted by molar-refractivity contribution is -0.138. The molecular weight excluding hydrogens is 435 g/mol. The van der Waals surface area contributed by atoms with E-state index >= 15 is 0 Å². The van der Waals surface area contributed by atoms with Crippen LogP contribution in [0.2, 0.25) is 0 Å². The van der Waals surface area contributed by atoms with E-state index < -0.39 is 5.97 Å². The van der Waals surface area contributed by atoms with Crippen molar-refractivity contribution in [2.75, 3.05) is 0 Å². The molecule has 0 saturated heterocycles. The number of aliphatic carboxylic acids is 1. The molecule has 1 aromatic carbocycles. The van der Waals surface area contributed by atoms with Gasteiger partial charge in [-0.05, 0) is 74.4 Å². The van der Waals surface area contributed by atoms with Gasteiger partial charge in [-0.25, -0.2) is 19.3 Å². The summed E-state index contributed by atoms with van der Waals surface area (Å²) in [6.45, 7) is 1.89. The minimum Gasteiger partial charge on any atom is -0.481 e. The highest BCUT2D eigenvalue weighted by Gasteiger charge is 2.24. The molecule has 0 aliphatic heterocycles. The number of hydrogen-bond acceptors (Lipinski definition) is 5. The Morgan fingerprint density at radius 1 is 1.09 bits per heavy atom. The maximum atomic E-state index is 15.0. The lowest BCUT2D eigenvalue weighted by Gasteiger charge is -2.27. The number of carbonyl (C=O) groups is 1. The first-order valence-corrected chi connectivity index (χ1v) is 11.4. The minimum absolute atomic E-state index is 0.0437. The molecule has 0 amide bonds. The van der Waals surface area contributed by atoms with E-state index in [0.717, 1.165) is 42.5 Å². The molecule has 0 unspecified atom stereocenters. The van der Waals surface area contributed by atoms with Crippen LogP contribution in [0.1, 0.15) is 37.8 Å². The predicted molar refractivity (Wildman–Crippen MR) is 126 cm³/mol. The number of aromatic nitrogens is 4. The van der Waals surface area contributed by atoms with Gasteiger partial charge in [0.25, 0.3) is 0 Å². The van der Waals surface area contributed by atoms with Gasteiger partial charge in [-0.3, -0.25) is 4.79 Å². The minimum atomic E-state index is -0.740. The molecule has 7 nitrogen and oxygen atoms in total. The fourth-order valence-electron chi connectivity index (χ4n) is 4.49. The van der Waals surface area contributed by atoms with Crippen molar-refractivity contribution in [2.45, 2.75) is 45.1 Å².